The number of hydrogen-bond acceptors (Lipinski definition) is 4. The van der Waals surface area contributed by atoms with Crippen LogP contribution in [0.25, 0.3) is 11.4 Å². The van der Waals surface area contributed by atoms with Gasteiger partial charge in [-0.1, -0.05) is 30.6 Å². The SMILES string of the molecule is CC(C)c1nc(-c2cc(Cl)ccc2N)no1. The van der Waals surface area contributed by atoms with E-state index in [2.05, 4.69) is 10.1 Å². The zero-order valence-corrected chi connectivity index (χ0v) is 9.82. The molecule has 0 bridgehead atoms. The number of nitrogen functional groups attached to an aromatic ring is 1. The number of nitrogens with two attached hydrogens (primary N) is 1. The van der Waals surface area contributed by atoms with Crippen molar-refractivity contribution < 1.29 is 4.52 Å². The average molecular weight is 238 g/mol. The van der Waals surface area contributed by atoms with Gasteiger partial charge in [-0.15, -0.1) is 0 Å². The van der Waals surface area contributed by atoms with Crippen molar-refractivity contribution in [3.05, 3.63) is 29.1 Å². The van der Waals surface area contributed by atoms with E-state index in [9.17, 15) is 0 Å². The summed E-state index contributed by atoms with van der Waals surface area (Å²) in [5.41, 5.74) is 7.11. The van der Waals surface area contributed by atoms with Crippen LogP contribution in [0.1, 0.15) is 25.7 Å². The Labute approximate surface area is 98.4 Å². The molecular weight excluding hydrogens is 226 g/mol. The molecule has 1 heterocycles. The normalized spacial score (nSPS) is 11.0. The Morgan fingerprint density at radius 1 is 1.38 bits per heavy atom. The second-order valence-electron chi connectivity index (χ2n) is 3.84. The monoisotopic (exact) mass is 237 g/mol. The van der Waals surface area contributed by atoms with E-state index in [0.29, 0.717) is 28.0 Å². The molecule has 0 spiro atoms. The molecule has 2 N–H and O–H groups in total. The van der Waals surface area contributed by atoms with Gasteiger partial charge in [-0.05, 0) is 18.2 Å². The van der Waals surface area contributed by atoms with Gasteiger partial charge in [-0.25, -0.2) is 0 Å². The molecule has 0 saturated carbocycles. The molecule has 0 radical (unpaired) electrons. The highest BCUT2D eigenvalue weighted by Crippen LogP contribution is 2.27. The van der Waals surface area contributed by atoms with Crippen LogP contribution in [0, 0.1) is 0 Å². The Morgan fingerprint density at radius 3 is 2.75 bits per heavy atom. The van der Waals surface area contributed by atoms with Crippen LogP contribution >= 0.6 is 11.6 Å². The van der Waals surface area contributed by atoms with Gasteiger partial charge in [0.05, 0.1) is 0 Å². The largest absolute Gasteiger partial charge is 0.398 e. The highest BCUT2D eigenvalue weighted by molar-refractivity contribution is 6.31. The number of rotatable bonds is 2. The quantitative estimate of drug-likeness (QED) is 0.816. The van der Waals surface area contributed by atoms with Crippen LogP contribution in [-0.4, -0.2) is 10.1 Å². The van der Waals surface area contributed by atoms with Gasteiger partial charge in [0.25, 0.3) is 0 Å². The summed E-state index contributed by atoms with van der Waals surface area (Å²) >= 11 is 5.89. The van der Waals surface area contributed by atoms with Crippen LogP contribution in [0.5, 0.6) is 0 Å². The highest BCUT2D eigenvalue weighted by Gasteiger charge is 2.13. The lowest BCUT2D eigenvalue weighted by atomic mass is 10.1. The van der Waals surface area contributed by atoms with Crippen molar-refractivity contribution in [2.75, 3.05) is 5.73 Å². The molecule has 1 aromatic carbocycles. The van der Waals surface area contributed by atoms with E-state index >= 15 is 0 Å². The smallest absolute Gasteiger partial charge is 0.229 e. The zero-order valence-electron chi connectivity index (χ0n) is 9.07. The van der Waals surface area contributed by atoms with E-state index in [0.717, 1.165) is 0 Å². The maximum atomic E-state index is 5.89. The molecule has 0 atom stereocenters. The van der Waals surface area contributed by atoms with Crippen molar-refractivity contribution in [2.45, 2.75) is 19.8 Å². The summed E-state index contributed by atoms with van der Waals surface area (Å²) in [4.78, 5) is 4.27. The van der Waals surface area contributed by atoms with Gasteiger partial charge in [0.1, 0.15) is 0 Å². The first-order chi connectivity index (χ1) is 7.58. The van der Waals surface area contributed by atoms with Gasteiger partial charge in [0.2, 0.25) is 11.7 Å². The number of nitrogens with zero attached hydrogens (tertiary/aromatic N) is 2. The first-order valence-corrected chi connectivity index (χ1v) is 5.34. The minimum Gasteiger partial charge on any atom is -0.398 e. The average Bonchev–Trinajstić information content (AvgIpc) is 2.70. The number of halogens is 1. The first kappa shape index (κ1) is 11.0. The summed E-state index contributed by atoms with van der Waals surface area (Å²) in [6.07, 6.45) is 0. The van der Waals surface area contributed by atoms with E-state index in [-0.39, 0.29) is 5.92 Å². The van der Waals surface area contributed by atoms with Crippen LogP contribution in [0.2, 0.25) is 5.02 Å². The van der Waals surface area contributed by atoms with Crippen LogP contribution in [0.3, 0.4) is 0 Å². The van der Waals surface area contributed by atoms with Gasteiger partial charge in [-0.3, -0.25) is 0 Å². The molecule has 5 heteroatoms. The predicted molar refractivity (Wildman–Crippen MR) is 63.2 cm³/mol. The lowest BCUT2D eigenvalue weighted by Crippen LogP contribution is -1.92. The molecule has 0 aliphatic rings. The van der Waals surface area contributed by atoms with Crippen LogP contribution in [0.4, 0.5) is 5.69 Å². The molecular formula is C11H12ClN3O. The number of aromatic nitrogens is 2. The van der Waals surface area contributed by atoms with Crippen LogP contribution in [0.15, 0.2) is 22.7 Å². The molecule has 2 rings (SSSR count). The molecule has 84 valence electrons. The summed E-state index contributed by atoms with van der Waals surface area (Å²) in [5.74, 6) is 1.26. The second-order valence-corrected chi connectivity index (χ2v) is 4.28. The molecule has 0 amide bonds. The number of anilines is 1. The van der Waals surface area contributed by atoms with E-state index in [1.165, 1.54) is 0 Å². The molecule has 1 aromatic heterocycles. The summed E-state index contributed by atoms with van der Waals surface area (Å²) in [7, 11) is 0. The maximum absolute atomic E-state index is 5.89. The standard InChI is InChI=1S/C11H12ClN3O/c1-6(2)11-14-10(15-16-11)8-5-7(12)3-4-9(8)13/h3-6H,13H2,1-2H3. The Kier molecular flexibility index (Phi) is 2.83. The molecule has 0 saturated heterocycles. The van der Waals surface area contributed by atoms with Crippen molar-refractivity contribution in [2.24, 2.45) is 0 Å². The van der Waals surface area contributed by atoms with Crippen molar-refractivity contribution in [3.63, 3.8) is 0 Å². The molecule has 0 aliphatic heterocycles. The molecule has 16 heavy (non-hydrogen) atoms. The Hall–Kier alpha value is -1.55. The van der Waals surface area contributed by atoms with Gasteiger partial charge in [-0.2, -0.15) is 4.98 Å². The van der Waals surface area contributed by atoms with Crippen molar-refractivity contribution in [3.8, 4) is 11.4 Å². The second kappa shape index (κ2) is 4.14. The van der Waals surface area contributed by atoms with Crippen molar-refractivity contribution in [1.29, 1.82) is 0 Å². The molecule has 0 unspecified atom stereocenters. The molecule has 0 fully saturated rings. The summed E-state index contributed by atoms with van der Waals surface area (Å²) in [6.45, 7) is 3.97. The third-order valence-electron chi connectivity index (χ3n) is 2.19. The Balaban J connectivity index is 2.46. The third kappa shape index (κ3) is 2.02. The van der Waals surface area contributed by atoms with Crippen molar-refractivity contribution in [1.82, 2.24) is 10.1 Å². The van der Waals surface area contributed by atoms with Gasteiger partial charge in [0, 0.05) is 22.2 Å². The van der Waals surface area contributed by atoms with E-state index in [1.54, 1.807) is 18.2 Å². The predicted octanol–water partition coefficient (Wildman–Crippen LogP) is 3.10. The van der Waals surface area contributed by atoms with Crippen LogP contribution in [-0.2, 0) is 0 Å². The summed E-state index contributed by atoms with van der Waals surface area (Å²) in [5, 5.41) is 4.48. The first-order valence-electron chi connectivity index (χ1n) is 4.97. The lowest BCUT2D eigenvalue weighted by molar-refractivity contribution is 0.365. The molecule has 0 aliphatic carbocycles. The zero-order chi connectivity index (χ0) is 11.7. The third-order valence-corrected chi connectivity index (χ3v) is 2.43. The number of benzene rings is 1. The minimum atomic E-state index is 0.196. The van der Waals surface area contributed by atoms with E-state index < -0.39 is 0 Å². The van der Waals surface area contributed by atoms with Crippen molar-refractivity contribution >= 4 is 17.3 Å². The Morgan fingerprint density at radius 2 is 2.12 bits per heavy atom. The fraction of sp³-hybridized carbons (Fsp3) is 0.273. The fourth-order valence-electron chi connectivity index (χ4n) is 1.30. The Bertz CT molecular complexity index is 508. The summed E-state index contributed by atoms with van der Waals surface area (Å²) in [6, 6.07) is 5.18. The van der Waals surface area contributed by atoms with Crippen LogP contribution < -0.4 is 5.73 Å². The number of hydrogen-bond donors (Lipinski definition) is 1. The van der Waals surface area contributed by atoms with E-state index in [4.69, 9.17) is 21.9 Å². The summed E-state index contributed by atoms with van der Waals surface area (Å²) < 4.78 is 5.12. The maximum Gasteiger partial charge on any atom is 0.229 e. The van der Waals surface area contributed by atoms with Gasteiger partial charge >= 0.3 is 0 Å². The molecule has 4 nitrogen and oxygen atoms in total. The fourth-order valence-corrected chi connectivity index (χ4v) is 1.47. The molecule has 2 aromatic rings. The lowest BCUT2D eigenvalue weighted by Gasteiger charge is -2.00. The van der Waals surface area contributed by atoms with E-state index in [1.807, 2.05) is 13.8 Å². The minimum absolute atomic E-state index is 0.196. The van der Waals surface area contributed by atoms with Gasteiger partial charge < -0.3 is 10.3 Å². The topological polar surface area (TPSA) is 64.9 Å². The highest BCUT2D eigenvalue weighted by atomic mass is 35.5. The van der Waals surface area contributed by atoms with Gasteiger partial charge in [0.15, 0.2) is 0 Å².